The smallest absolute Gasteiger partial charge is 0.322 e. The van der Waals surface area contributed by atoms with Crippen LogP contribution in [0.2, 0.25) is 0 Å². The van der Waals surface area contributed by atoms with Gasteiger partial charge in [0.2, 0.25) is 5.92 Å². The van der Waals surface area contributed by atoms with Crippen molar-refractivity contribution in [3.63, 3.8) is 0 Å². The van der Waals surface area contributed by atoms with Gasteiger partial charge in [-0.1, -0.05) is 0 Å². The van der Waals surface area contributed by atoms with Crippen LogP contribution < -0.4 is 5.73 Å². The van der Waals surface area contributed by atoms with Crippen LogP contribution in [0.15, 0.2) is 0 Å². The molecule has 76 valence electrons. The average molecular weight is 193 g/mol. The lowest BCUT2D eigenvalue weighted by molar-refractivity contribution is -0.158. The fraction of sp³-hybridized carbons (Fsp3) is 0.875. The summed E-state index contributed by atoms with van der Waals surface area (Å²) in [6.07, 6.45) is -0.363. The molecule has 0 radical (unpaired) electrons. The first-order chi connectivity index (χ1) is 5.91. The van der Waals surface area contributed by atoms with Crippen LogP contribution in [0.4, 0.5) is 8.78 Å². The van der Waals surface area contributed by atoms with Crippen molar-refractivity contribution in [2.45, 2.75) is 31.7 Å². The van der Waals surface area contributed by atoms with Crippen LogP contribution in [-0.4, -0.2) is 24.5 Å². The molecule has 1 atom stereocenters. The second kappa shape index (κ2) is 3.57. The van der Waals surface area contributed by atoms with Crippen molar-refractivity contribution in [3.05, 3.63) is 0 Å². The molecule has 0 saturated heterocycles. The van der Waals surface area contributed by atoms with Crippen LogP contribution in [0.5, 0.6) is 0 Å². The highest BCUT2D eigenvalue weighted by Crippen LogP contribution is 2.42. The van der Waals surface area contributed by atoms with Crippen molar-refractivity contribution in [1.82, 2.24) is 0 Å². The van der Waals surface area contributed by atoms with Crippen molar-refractivity contribution in [2.75, 3.05) is 6.61 Å². The second-order valence-corrected chi connectivity index (χ2v) is 3.55. The standard InChI is InChI=1S/C8H13F2NO2/c1-5(11)7(12)13-4-6-2-8(9,10)3-6/h5-6H,2-4,11H2,1H3/t5-/m0/s1. The van der Waals surface area contributed by atoms with E-state index in [4.69, 9.17) is 10.5 Å². The number of carbonyl (C=O) groups excluding carboxylic acids is 1. The van der Waals surface area contributed by atoms with Gasteiger partial charge in [-0.15, -0.1) is 0 Å². The number of esters is 1. The van der Waals surface area contributed by atoms with Gasteiger partial charge in [0.25, 0.3) is 0 Å². The van der Waals surface area contributed by atoms with E-state index in [0.717, 1.165) is 0 Å². The second-order valence-electron chi connectivity index (χ2n) is 3.55. The first kappa shape index (κ1) is 10.4. The Balaban J connectivity index is 2.12. The zero-order chi connectivity index (χ0) is 10.1. The normalized spacial score (nSPS) is 23.4. The van der Waals surface area contributed by atoms with Gasteiger partial charge in [0.05, 0.1) is 6.61 Å². The molecule has 0 aromatic heterocycles. The minimum Gasteiger partial charge on any atom is -0.464 e. The maximum absolute atomic E-state index is 12.3. The number of alkyl halides is 2. The molecular weight excluding hydrogens is 180 g/mol. The van der Waals surface area contributed by atoms with Crippen molar-refractivity contribution >= 4 is 5.97 Å². The summed E-state index contributed by atoms with van der Waals surface area (Å²) in [5.41, 5.74) is 5.21. The van der Waals surface area contributed by atoms with Crippen LogP contribution >= 0.6 is 0 Å². The van der Waals surface area contributed by atoms with E-state index < -0.39 is 17.9 Å². The Hall–Kier alpha value is -0.710. The molecule has 0 aromatic rings. The van der Waals surface area contributed by atoms with Crippen LogP contribution in [0.25, 0.3) is 0 Å². The Kier molecular flexibility index (Phi) is 2.85. The number of hydrogen-bond donors (Lipinski definition) is 1. The van der Waals surface area contributed by atoms with Gasteiger partial charge in [-0.2, -0.15) is 0 Å². The topological polar surface area (TPSA) is 52.3 Å². The maximum atomic E-state index is 12.3. The van der Waals surface area contributed by atoms with Gasteiger partial charge in [-0.3, -0.25) is 4.79 Å². The van der Waals surface area contributed by atoms with Crippen LogP contribution in [-0.2, 0) is 9.53 Å². The summed E-state index contributed by atoms with van der Waals surface area (Å²) in [5, 5.41) is 0. The molecule has 1 fully saturated rings. The molecule has 0 spiro atoms. The third-order valence-corrected chi connectivity index (χ3v) is 2.01. The van der Waals surface area contributed by atoms with Crippen molar-refractivity contribution in [1.29, 1.82) is 0 Å². The quantitative estimate of drug-likeness (QED) is 0.678. The molecule has 1 saturated carbocycles. The molecule has 2 N–H and O–H groups in total. The molecule has 0 bridgehead atoms. The lowest BCUT2D eigenvalue weighted by atomic mass is 9.82. The minimum absolute atomic E-state index is 0.0654. The summed E-state index contributed by atoms with van der Waals surface area (Å²) < 4.78 is 29.3. The minimum atomic E-state index is -2.55. The van der Waals surface area contributed by atoms with Crippen LogP contribution in [0.1, 0.15) is 19.8 Å². The van der Waals surface area contributed by atoms with Gasteiger partial charge in [0.1, 0.15) is 6.04 Å². The van der Waals surface area contributed by atoms with Gasteiger partial charge >= 0.3 is 5.97 Å². The number of halogens is 2. The van der Waals surface area contributed by atoms with Gasteiger partial charge in [0.15, 0.2) is 0 Å². The molecular formula is C8H13F2NO2. The summed E-state index contributed by atoms with van der Waals surface area (Å²) in [7, 11) is 0. The molecule has 0 aromatic carbocycles. The molecule has 5 heteroatoms. The summed E-state index contributed by atoms with van der Waals surface area (Å²) in [6.45, 7) is 1.56. The molecule has 1 aliphatic carbocycles. The lowest BCUT2D eigenvalue weighted by Gasteiger charge is -2.34. The summed E-state index contributed by atoms with van der Waals surface area (Å²) in [4.78, 5) is 10.8. The fourth-order valence-corrected chi connectivity index (χ4v) is 1.23. The van der Waals surface area contributed by atoms with E-state index in [1.807, 2.05) is 0 Å². The van der Waals surface area contributed by atoms with Crippen molar-refractivity contribution in [3.8, 4) is 0 Å². The molecule has 0 amide bonds. The highest BCUT2D eigenvalue weighted by atomic mass is 19.3. The Morgan fingerprint density at radius 2 is 2.23 bits per heavy atom. The summed E-state index contributed by atoms with van der Waals surface area (Å²) >= 11 is 0. The molecule has 1 aliphatic rings. The number of hydrogen-bond acceptors (Lipinski definition) is 3. The highest BCUT2D eigenvalue weighted by molar-refractivity contribution is 5.74. The Bertz CT molecular complexity index is 198. The SMILES string of the molecule is C[C@H](N)C(=O)OCC1CC(F)(F)C1. The number of rotatable bonds is 3. The van der Waals surface area contributed by atoms with Crippen molar-refractivity contribution < 1.29 is 18.3 Å². The Morgan fingerprint density at radius 1 is 1.69 bits per heavy atom. The van der Waals surface area contributed by atoms with Gasteiger partial charge < -0.3 is 10.5 Å². The molecule has 13 heavy (non-hydrogen) atoms. The van der Waals surface area contributed by atoms with Crippen LogP contribution in [0, 0.1) is 5.92 Å². The van der Waals surface area contributed by atoms with E-state index in [-0.39, 0.29) is 25.4 Å². The highest BCUT2D eigenvalue weighted by Gasteiger charge is 2.45. The molecule has 0 unspecified atom stereocenters. The van der Waals surface area contributed by atoms with Gasteiger partial charge in [0, 0.05) is 18.8 Å². The third-order valence-electron chi connectivity index (χ3n) is 2.01. The Morgan fingerprint density at radius 3 is 2.62 bits per heavy atom. The molecule has 1 rings (SSSR count). The lowest BCUT2D eigenvalue weighted by Crippen LogP contribution is -2.39. The zero-order valence-electron chi connectivity index (χ0n) is 7.43. The van der Waals surface area contributed by atoms with E-state index in [1.54, 1.807) is 0 Å². The number of nitrogens with two attached hydrogens (primary N) is 1. The summed E-state index contributed by atoms with van der Waals surface area (Å²) in [5.74, 6) is -3.28. The predicted octanol–water partition coefficient (Wildman–Crippen LogP) is 0.922. The number of ether oxygens (including phenoxy) is 1. The predicted molar refractivity (Wildman–Crippen MR) is 42.3 cm³/mol. The van der Waals surface area contributed by atoms with Crippen LogP contribution in [0.3, 0.4) is 0 Å². The monoisotopic (exact) mass is 193 g/mol. The fourth-order valence-electron chi connectivity index (χ4n) is 1.23. The molecule has 0 heterocycles. The van der Waals surface area contributed by atoms with Crippen molar-refractivity contribution in [2.24, 2.45) is 11.7 Å². The van der Waals surface area contributed by atoms with E-state index in [9.17, 15) is 13.6 Å². The molecule has 0 aliphatic heterocycles. The van der Waals surface area contributed by atoms with E-state index in [2.05, 4.69) is 0 Å². The van der Waals surface area contributed by atoms with E-state index >= 15 is 0 Å². The maximum Gasteiger partial charge on any atom is 0.322 e. The zero-order valence-corrected chi connectivity index (χ0v) is 7.43. The van der Waals surface area contributed by atoms with E-state index in [1.165, 1.54) is 6.92 Å². The number of carbonyl (C=O) groups is 1. The first-order valence-electron chi connectivity index (χ1n) is 4.21. The Labute approximate surface area is 75.2 Å². The summed E-state index contributed by atoms with van der Waals surface area (Å²) in [6, 6.07) is -0.680. The van der Waals surface area contributed by atoms with Gasteiger partial charge in [-0.25, -0.2) is 8.78 Å². The first-order valence-corrected chi connectivity index (χ1v) is 4.21. The third kappa shape index (κ3) is 2.91. The largest absolute Gasteiger partial charge is 0.464 e. The molecule has 3 nitrogen and oxygen atoms in total. The van der Waals surface area contributed by atoms with E-state index in [0.29, 0.717) is 0 Å². The average Bonchev–Trinajstić information content (AvgIpc) is 1.95. The van der Waals surface area contributed by atoms with Gasteiger partial charge in [-0.05, 0) is 6.92 Å².